The van der Waals surface area contributed by atoms with Crippen molar-refractivity contribution >= 4 is 28.5 Å². The minimum absolute atomic E-state index is 0.128. The molecular formula is C19H23N5O2. The third-order valence-corrected chi connectivity index (χ3v) is 4.46. The molecule has 136 valence electrons. The Morgan fingerprint density at radius 2 is 1.96 bits per heavy atom. The van der Waals surface area contributed by atoms with Gasteiger partial charge in [0.15, 0.2) is 6.61 Å². The molecule has 1 aromatic heterocycles. The van der Waals surface area contributed by atoms with E-state index in [1.54, 1.807) is 19.3 Å². The van der Waals surface area contributed by atoms with Crippen LogP contribution in [0.2, 0.25) is 0 Å². The SMILES string of the molecule is CC#CCOC(=O)NC1CCC(Nc2cc(N)cc3nccnc23)CC1. The van der Waals surface area contributed by atoms with Crippen molar-refractivity contribution in [2.45, 2.75) is 44.7 Å². The summed E-state index contributed by atoms with van der Waals surface area (Å²) < 4.78 is 5.00. The Hall–Kier alpha value is -3.01. The van der Waals surface area contributed by atoms with Gasteiger partial charge >= 0.3 is 6.09 Å². The molecule has 1 aromatic carbocycles. The lowest BCUT2D eigenvalue weighted by Crippen LogP contribution is -2.40. The Kier molecular flexibility index (Phi) is 5.74. The smallest absolute Gasteiger partial charge is 0.408 e. The number of rotatable bonds is 4. The monoisotopic (exact) mass is 353 g/mol. The van der Waals surface area contributed by atoms with Crippen LogP contribution in [0.5, 0.6) is 0 Å². The van der Waals surface area contributed by atoms with Crippen LogP contribution in [0, 0.1) is 11.8 Å². The zero-order chi connectivity index (χ0) is 18.4. The van der Waals surface area contributed by atoms with Crippen molar-refractivity contribution in [3.05, 3.63) is 24.5 Å². The first-order chi connectivity index (χ1) is 12.7. The number of carbonyl (C=O) groups excluding carboxylic acids is 1. The van der Waals surface area contributed by atoms with Crippen LogP contribution in [-0.4, -0.2) is 34.8 Å². The Morgan fingerprint density at radius 3 is 2.73 bits per heavy atom. The molecule has 7 nitrogen and oxygen atoms in total. The second-order valence-corrected chi connectivity index (χ2v) is 6.33. The summed E-state index contributed by atoms with van der Waals surface area (Å²) in [5.74, 6) is 5.40. The van der Waals surface area contributed by atoms with Gasteiger partial charge in [0.2, 0.25) is 0 Å². The zero-order valence-corrected chi connectivity index (χ0v) is 14.8. The number of nitrogens with zero attached hydrogens (tertiary/aromatic N) is 2. The van der Waals surface area contributed by atoms with Crippen LogP contribution in [0.3, 0.4) is 0 Å². The van der Waals surface area contributed by atoms with Gasteiger partial charge in [-0.05, 0) is 44.7 Å². The second-order valence-electron chi connectivity index (χ2n) is 6.33. The zero-order valence-electron chi connectivity index (χ0n) is 14.8. The molecule has 4 N–H and O–H groups in total. The number of hydrogen-bond acceptors (Lipinski definition) is 6. The van der Waals surface area contributed by atoms with E-state index in [1.807, 2.05) is 12.1 Å². The van der Waals surface area contributed by atoms with Crippen molar-refractivity contribution in [3.63, 3.8) is 0 Å². The first kappa shape index (κ1) is 17.8. The molecule has 1 amide bonds. The van der Waals surface area contributed by atoms with Crippen LogP contribution in [0.15, 0.2) is 24.5 Å². The van der Waals surface area contributed by atoms with Crippen molar-refractivity contribution in [3.8, 4) is 11.8 Å². The van der Waals surface area contributed by atoms with Gasteiger partial charge in [0.25, 0.3) is 0 Å². The molecule has 0 aliphatic heterocycles. The number of aromatic nitrogens is 2. The average molecular weight is 353 g/mol. The third-order valence-electron chi connectivity index (χ3n) is 4.46. The second kappa shape index (κ2) is 8.39. The van der Waals surface area contributed by atoms with Crippen molar-refractivity contribution < 1.29 is 9.53 Å². The van der Waals surface area contributed by atoms with Crippen molar-refractivity contribution in [2.75, 3.05) is 17.7 Å². The van der Waals surface area contributed by atoms with Crippen LogP contribution in [0.25, 0.3) is 11.0 Å². The third kappa shape index (κ3) is 4.54. The standard InChI is InChI=1S/C19H23N5O2/c1-2-3-10-26-19(25)24-15-6-4-14(5-7-15)23-17-12-13(20)11-16-18(17)22-9-8-21-16/h8-9,11-12,14-15,23H,4-7,10,20H2,1H3,(H,24,25). The predicted molar refractivity (Wildman–Crippen MR) is 102 cm³/mol. The number of amides is 1. The molecule has 0 saturated heterocycles. The average Bonchev–Trinajstić information content (AvgIpc) is 2.63. The van der Waals surface area contributed by atoms with E-state index in [9.17, 15) is 4.79 Å². The molecule has 7 heteroatoms. The minimum atomic E-state index is -0.402. The summed E-state index contributed by atoms with van der Waals surface area (Å²) in [4.78, 5) is 20.4. The molecule has 3 rings (SSSR count). The summed E-state index contributed by atoms with van der Waals surface area (Å²) in [6.07, 6.45) is 6.59. The van der Waals surface area contributed by atoms with Gasteiger partial charge in [-0.1, -0.05) is 5.92 Å². The lowest BCUT2D eigenvalue weighted by molar-refractivity contribution is 0.152. The van der Waals surface area contributed by atoms with E-state index in [-0.39, 0.29) is 12.6 Å². The Balaban J connectivity index is 1.54. The molecule has 1 aliphatic carbocycles. The van der Waals surface area contributed by atoms with Crippen LogP contribution < -0.4 is 16.4 Å². The van der Waals surface area contributed by atoms with E-state index in [1.165, 1.54) is 0 Å². The van der Waals surface area contributed by atoms with E-state index in [2.05, 4.69) is 32.4 Å². The molecular weight excluding hydrogens is 330 g/mol. The number of nitrogens with one attached hydrogen (secondary N) is 2. The lowest BCUT2D eigenvalue weighted by atomic mass is 9.91. The highest BCUT2D eigenvalue weighted by molar-refractivity contribution is 5.90. The molecule has 1 fully saturated rings. The fourth-order valence-electron chi connectivity index (χ4n) is 3.19. The van der Waals surface area contributed by atoms with Gasteiger partial charge in [-0.15, -0.1) is 5.92 Å². The molecule has 0 atom stereocenters. The summed E-state index contributed by atoms with van der Waals surface area (Å²) in [5, 5.41) is 6.44. The van der Waals surface area contributed by atoms with Gasteiger partial charge in [0, 0.05) is 30.2 Å². The Morgan fingerprint density at radius 1 is 1.23 bits per heavy atom. The number of fused-ring (bicyclic) bond motifs is 1. The molecule has 1 aliphatic rings. The number of ether oxygens (including phenoxy) is 1. The predicted octanol–water partition coefficient (Wildman–Crippen LogP) is 2.68. The minimum Gasteiger partial charge on any atom is -0.436 e. The molecule has 0 bridgehead atoms. The summed E-state index contributed by atoms with van der Waals surface area (Å²) in [5.41, 5.74) is 9.15. The first-order valence-corrected chi connectivity index (χ1v) is 8.75. The molecule has 0 unspecified atom stereocenters. The van der Waals surface area contributed by atoms with E-state index >= 15 is 0 Å². The van der Waals surface area contributed by atoms with E-state index in [0.717, 1.165) is 42.4 Å². The van der Waals surface area contributed by atoms with Crippen molar-refractivity contribution in [2.24, 2.45) is 0 Å². The first-order valence-electron chi connectivity index (χ1n) is 8.75. The largest absolute Gasteiger partial charge is 0.436 e. The fourth-order valence-corrected chi connectivity index (χ4v) is 3.19. The normalized spacial score (nSPS) is 19.3. The van der Waals surface area contributed by atoms with Crippen LogP contribution in [0.1, 0.15) is 32.6 Å². The summed E-state index contributed by atoms with van der Waals surface area (Å²) >= 11 is 0. The van der Waals surface area contributed by atoms with Gasteiger partial charge < -0.3 is 21.1 Å². The van der Waals surface area contributed by atoms with Gasteiger partial charge in [0.05, 0.1) is 11.2 Å². The van der Waals surface area contributed by atoms with Crippen LogP contribution in [0.4, 0.5) is 16.2 Å². The number of nitrogens with two attached hydrogens (primary N) is 1. The summed E-state index contributed by atoms with van der Waals surface area (Å²) in [6.45, 7) is 1.84. The molecule has 1 heterocycles. The lowest BCUT2D eigenvalue weighted by Gasteiger charge is -2.30. The Labute approximate surface area is 152 Å². The van der Waals surface area contributed by atoms with Crippen molar-refractivity contribution in [1.82, 2.24) is 15.3 Å². The summed E-state index contributed by atoms with van der Waals surface area (Å²) in [7, 11) is 0. The quantitative estimate of drug-likeness (QED) is 0.577. The van der Waals surface area contributed by atoms with E-state index < -0.39 is 6.09 Å². The van der Waals surface area contributed by atoms with Crippen LogP contribution in [-0.2, 0) is 4.74 Å². The fraction of sp³-hybridized carbons (Fsp3) is 0.421. The number of anilines is 2. The maximum atomic E-state index is 11.7. The number of benzene rings is 1. The molecule has 0 spiro atoms. The molecule has 26 heavy (non-hydrogen) atoms. The Bertz CT molecular complexity index is 835. The number of nitrogen functional groups attached to an aromatic ring is 1. The van der Waals surface area contributed by atoms with Gasteiger partial charge in [-0.25, -0.2) is 4.79 Å². The van der Waals surface area contributed by atoms with Gasteiger partial charge in [0.1, 0.15) is 5.52 Å². The van der Waals surface area contributed by atoms with Gasteiger partial charge in [-0.2, -0.15) is 0 Å². The molecule has 2 aromatic rings. The topological polar surface area (TPSA) is 102 Å². The van der Waals surface area contributed by atoms with E-state index in [0.29, 0.717) is 11.7 Å². The molecule has 1 saturated carbocycles. The van der Waals surface area contributed by atoms with E-state index in [4.69, 9.17) is 10.5 Å². The van der Waals surface area contributed by atoms with Crippen molar-refractivity contribution in [1.29, 1.82) is 0 Å². The maximum Gasteiger partial charge on any atom is 0.408 e. The summed E-state index contributed by atoms with van der Waals surface area (Å²) in [6, 6.07) is 4.16. The van der Waals surface area contributed by atoms with Crippen LogP contribution >= 0.6 is 0 Å². The number of hydrogen-bond donors (Lipinski definition) is 3. The number of carbonyl (C=O) groups is 1. The highest BCUT2D eigenvalue weighted by Gasteiger charge is 2.23. The van der Waals surface area contributed by atoms with Gasteiger partial charge in [-0.3, -0.25) is 9.97 Å². The number of alkyl carbamates (subject to hydrolysis) is 1. The maximum absolute atomic E-state index is 11.7. The molecule has 0 radical (unpaired) electrons. The highest BCUT2D eigenvalue weighted by atomic mass is 16.5. The highest BCUT2D eigenvalue weighted by Crippen LogP contribution is 2.28.